The summed E-state index contributed by atoms with van der Waals surface area (Å²) >= 11 is 8.24. The SMILES string of the molecule is O=C(O)Cn1c(=NC(=O)c2ccc(Cl)s2)sc2ccccc21. The lowest BCUT2D eigenvalue weighted by Crippen LogP contribution is -2.21. The zero-order chi connectivity index (χ0) is 15.7. The maximum absolute atomic E-state index is 12.2. The number of rotatable bonds is 3. The summed E-state index contributed by atoms with van der Waals surface area (Å²) in [5, 5.41) is 9.07. The second-order valence-corrected chi connectivity index (χ2v) is 7.08. The van der Waals surface area contributed by atoms with Crippen molar-refractivity contribution >= 4 is 56.4 Å². The number of thiazole rings is 1. The Balaban J connectivity index is 2.14. The van der Waals surface area contributed by atoms with Crippen LogP contribution in [0, 0.1) is 0 Å². The Kier molecular flexibility index (Phi) is 4.10. The third-order valence-corrected chi connectivity index (χ3v) is 5.14. The fourth-order valence-electron chi connectivity index (χ4n) is 1.97. The van der Waals surface area contributed by atoms with Crippen LogP contribution < -0.4 is 4.80 Å². The molecule has 0 fully saturated rings. The van der Waals surface area contributed by atoms with Crippen LogP contribution in [0.2, 0.25) is 4.34 Å². The standard InChI is InChI=1S/C14H9ClN2O3S2/c15-11-6-5-10(21-11)13(20)16-14-17(7-12(18)19)8-3-1-2-4-9(8)22-14/h1-6H,7H2,(H,18,19). The van der Waals surface area contributed by atoms with Gasteiger partial charge in [0.15, 0.2) is 4.80 Å². The van der Waals surface area contributed by atoms with Gasteiger partial charge in [-0.15, -0.1) is 11.3 Å². The number of carboxylic acid groups (broad SMARTS) is 1. The van der Waals surface area contributed by atoms with Gasteiger partial charge in [-0.2, -0.15) is 4.99 Å². The number of nitrogens with zero attached hydrogens (tertiary/aromatic N) is 2. The quantitative estimate of drug-likeness (QED) is 0.786. The molecule has 0 aliphatic heterocycles. The van der Waals surface area contributed by atoms with Crippen LogP contribution >= 0.6 is 34.3 Å². The number of halogens is 1. The highest BCUT2D eigenvalue weighted by molar-refractivity contribution is 7.18. The molecule has 3 aromatic rings. The smallest absolute Gasteiger partial charge is 0.323 e. The summed E-state index contributed by atoms with van der Waals surface area (Å²) in [7, 11) is 0. The zero-order valence-corrected chi connectivity index (χ0v) is 13.4. The van der Waals surface area contributed by atoms with Crippen LogP contribution in [0.3, 0.4) is 0 Å². The second-order valence-electron chi connectivity index (χ2n) is 4.35. The molecule has 0 aliphatic carbocycles. The summed E-state index contributed by atoms with van der Waals surface area (Å²) in [5.74, 6) is -1.42. The highest BCUT2D eigenvalue weighted by Crippen LogP contribution is 2.22. The lowest BCUT2D eigenvalue weighted by Gasteiger charge is -2.00. The van der Waals surface area contributed by atoms with Gasteiger partial charge in [0.25, 0.3) is 5.91 Å². The first-order valence-electron chi connectivity index (χ1n) is 6.19. The summed E-state index contributed by atoms with van der Waals surface area (Å²) in [5.41, 5.74) is 0.741. The number of thiophene rings is 1. The highest BCUT2D eigenvalue weighted by atomic mass is 35.5. The first kappa shape index (κ1) is 15.0. The van der Waals surface area contributed by atoms with Crippen LogP contribution in [-0.2, 0) is 11.3 Å². The maximum atomic E-state index is 12.2. The predicted molar refractivity (Wildman–Crippen MR) is 86.7 cm³/mol. The molecule has 0 radical (unpaired) electrons. The summed E-state index contributed by atoms with van der Waals surface area (Å²) in [6.07, 6.45) is 0. The van der Waals surface area contributed by atoms with Gasteiger partial charge in [0, 0.05) is 0 Å². The molecule has 0 saturated carbocycles. The van der Waals surface area contributed by atoms with E-state index in [1.54, 1.807) is 18.2 Å². The molecule has 0 saturated heterocycles. The van der Waals surface area contributed by atoms with Crippen LogP contribution in [-0.4, -0.2) is 21.6 Å². The molecule has 1 aromatic carbocycles. The van der Waals surface area contributed by atoms with E-state index in [9.17, 15) is 9.59 Å². The zero-order valence-electron chi connectivity index (χ0n) is 11.0. The molecule has 1 N–H and O–H groups in total. The van der Waals surface area contributed by atoms with Gasteiger partial charge in [-0.25, -0.2) is 0 Å². The summed E-state index contributed by atoms with van der Waals surface area (Å²) in [6, 6.07) is 10.6. The molecule has 5 nitrogen and oxygen atoms in total. The third kappa shape index (κ3) is 2.96. The molecule has 0 aliphatic rings. The number of hydrogen-bond donors (Lipinski definition) is 1. The largest absolute Gasteiger partial charge is 0.480 e. The van der Waals surface area contributed by atoms with Crippen molar-refractivity contribution in [3.63, 3.8) is 0 Å². The molecule has 22 heavy (non-hydrogen) atoms. The summed E-state index contributed by atoms with van der Waals surface area (Å²) in [4.78, 5) is 28.1. The van der Waals surface area contributed by atoms with E-state index in [1.165, 1.54) is 15.9 Å². The molecule has 0 unspecified atom stereocenters. The number of carboxylic acids is 1. The molecule has 3 rings (SSSR count). The van der Waals surface area contributed by atoms with Crippen molar-refractivity contribution in [2.75, 3.05) is 0 Å². The van der Waals surface area contributed by atoms with E-state index in [-0.39, 0.29) is 6.54 Å². The van der Waals surface area contributed by atoms with Gasteiger partial charge in [0.2, 0.25) is 0 Å². The van der Waals surface area contributed by atoms with Crippen LogP contribution in [0.1, 0.15) is 9.67 Å². The summed E-state index contributed by atoms with van der Waals surface area (Å²) in [6.45, 7) is -0.249. The van der Waals surface area contributed by atoms with Crippen molar-refractivity contribution < 1.29 is 14.7 Å². The average Bonchev–Trinajstić information content (AvgIpc) is 3.04. The maximum Gasteiger partial charge on any atom is 0.323 e. The topological polar surface area (TPSA) is 71.7 Å². The fourth-order valence-corrected chi connectivity index (χ4v) is 3.92. The number of fused-ring (bicyclic) bond motifs is 1. The van der Waals surface area contributed by atoms with E-state index in [0.29, 0.717) is 14.0 Å². The van der Waals surface area contributed by atoms with Gasteiger partial charge in [0.05, 0.1) is 19.4 Å². The Morgan fingerprint density at radius 1 is 1.18 bits per heavy atom. The first-order chi connectivity index (χ1) is 10.5. The lowest BCUT2D eigenvalue weighted by atomic mass is 10.3. The van der Waals surface area contributed by atoms with Gasteiger partial charge in [-0.3, -0.25) is 9.59 Å². The molecular weight excluding hydrogens is 344 g/mol. The van der Waals surface area contributed by atoms with E-state index in [4.69, 9.17) is 16.7 Å². The second kappa shape index (κ2) is 6.04. The lowest BCUT2D eigenvalue weighted by molar-refractivity contribution is -0.137. The molecule has 8 heteroatoms. The Hall–Kier alpha value is -1.96. The highest BCUT2D eigenvalue weighted by Gasteiger charge is 2.12. The van der Waals surface area contributed by atoms with Gasteiger partial charge in [-0.05, 0) is 24.3 Å². The number of aliphatic carboxylic acids is 1. The van der Waals surface area contributed by atoms with Crippen LogP contribution in [0.15, 0.2) is 41.4 Å². The molecule has 2 aromatic heterocycles. The van der Waals surface area contributed by atoms with Crippen molar-refractivity contribution in [3.05, 3.63) is 50.4 Å². The Bertz CT molecular complexity index is 939. The Morgan fingerprint density at radius 3 is 2.64 bits per heavy atom. The van der Waals surface area contributed by atoms with E-state index < -0.39 is 11.9 Å². The van der Waals surface area contributed by atoms with Gasteiger partial charge in [0.1, 0.15) is 6.54 Å². The van der Waals surface area contributed by atoms with Crippen LogP contribution in [0.4, 0.5) is 0 Å². The van der Waals surface area contributed by atoms with Crippen molar-refractivity contribution in [3.8, 4) is 0 Å². The number of amides is 1. The molecule has 1 amide bonds. The third-order valence-electron chi connectivity index (χ3n) is 2.86. The van der Waals surface area contributed by atoms with Crippen LogP contribution in [0.25, 0.3) is 10.2 Å². The molecule has 0 bridgehead atoms. The van der Waals surface area contributed by atoms with E-state index >= 15 is 0 Å². The first-order valence-corrected chi connectivity index (χ1v) is 8.20. The molecule has 0 atom stereocenters. The average molecular weight is 353 g/mol. The Labute approximate surface area is 137 Å². The fraction of sp³-hybridized carbons (Fsp3) is 0.0714. The number of carbonyl (C=O) groups is 2. The van der Waals surface area contributed by atoms with E-state index in [0.717, 1.165) is 21.6 Å². The number of carbonyl (C=O) groups excluding carboxylic acids is 1. The van der Waals surface area contributed by atoms with E-state index in [2.05, 4.69) is 4.99 Å². The van der Waals surface area contributed by atoms with Crippen molar-refractivity contribution in [2.24, 2.45) is 4.99 Å². The molecule has 112 valence electrons. The number of benzene rings is 1. The molecule has 0 spiro atoms. The van der Waals surface area contributed by atoms with Crippen molar-refractivity contribution in [1.82, 2.24) is 4.57 Å². The monoisotopic (exact) mass is 352 g/mol. The minimum atomic E-state index is -0.989. The predicted octanol–water partition coefficient (Wildman–Crippen LogP) is 3.24. The van der Waals surface area contributed by atoms with E-state index in [1.807, 2.05) is 18.2 Å². The number of aromatic nitrogens is 1. The van der Waals surface area contributed by atoms with Crippen LogP contribution in [0.5, 0.6) is 0 Å². The van der Waals surface area contributed by atoms with Gasteiger partial charge < -0.3 is 9.67 Å². The Morgan fingerprint density at radius 2 is 1.95 bits per heavy atom. The minimum absolute atomic E-state index is 0.249. The van der Waals surface area contributed by atoms with Gasteiger partial charge >= 0.3 is 5.97 Å². The summed E-state index contributed by atoms with van der Waals surface area (Å²) < 4.78 is 2.91. The molecular formula is C14H9ClN2O3S2. The van der Waals surface area contributed by atoms with Crippen molar-refractivity contribution in [2.45, 2.75) is 6.54 Å². The van der Waals surface area contributed by atoms with Crippen molar-refractivity contribution in [1.29, 1.82) is 0 Å². The normalized spacial score (nSPS) is 12.0. The number of para-hydroxylation sites is 1. The van der Waals surface area contributed by atoms with Gasteiger partial charge in [-0.1, -0.05) is 35.1 Å². The molecule has 2 heterocycles. The minimum Gasteiger partial charge on any atom is -0.480 e. The number of hydrogen-bond acceptors (Lipinski definition) is 4.